The molecule has 0 saturated heterocycles. The third-order valence-corrected chi connectivity index (χ3v) is 3.00. The summed E-state index contributed by atoms with van der Waals surface area (Å²) in [7, 11) is 0. The first-order valence-electron chi connectivity index (χ1n) is 5.62. The molecular formula is C12H9ClFN5. The molecule has 0 fully saturated rings. The van der Waals surface area contributed by atoms with Crippen molar-refractivity contribution in [1.29, 1.82) is 0 Å². The van der Waals surface area contributed by atoms with Crippen molar-refractivity contribution in [2.45, 2.75) is 13.0 Å². The van der Waals surface area contributed by atoms with Crippen LogP contribution in [0, 0.1) is 5.82 Å². The average Bonchev–Trinajstić information content (AvgIpc) is 2.81. The lowest BCUT2D eigenvalue weighted by atomic mass is 10.2. The molecular weight excluding hydrogens is 269 g/mol. The van der Waals surface area contributed by atoms with E-state index in [0.29, 0.717) is 22.0 Å². The second kappa shape index (κ2) is 4.55. The van der Waals surface area contributed by atoms with Gasteiger partial charge in [0.15, 0.2) is 5.65 Å². The van der Waals surface area contributed by atoms with Crippen molar-refractivity contribution in [1.82, 2.24) is 24.7 Å². The number of nitrogens with zero attached hydrogens (tertiary/aromatic N) is 5. The molecule has 0 N–H and O–H groups in total. The Labute approximate surface area is 113 Å². The summed E-state index contributed by atoms with van der Waals surface area (Å²) < 4.78 is 14.5. The highest BCUT2D eigenvalue weighted by Crippen LogP contribution is 2.20. The predicted molar refractivity (Wildman–Crippen MR) is 68.3 cm³/mol. The molecule has 3 rings (SSSR count). The fraction of sp³-hybridized carbons (Fsp3) is 0.167. The predicted octanol–water partition coefficient (Wildman–Crippen LogP) is 2.62. The highest BCUT2D eigenvalue weighted by molar-refractivity contribution is 6.29. The highest BCUT2D eigenvalue weighted by atomic mass is 35.5. The van der Waals surface area contributed by atoms with Crippen LogP contribution in [0.15, 0.2) is 30.7 Å². The fourth-order valence-corrected chi connectivity index (χ4v) is 1.97. The van der Waals surface area contributed by atoms with E-state index in [1.807, 2.05) is 6.92 Å². The molecule has 0 radical (unpaired) electrons. The van der Waals surface area contributed by atoms with Crippen molar-refractivity contribution in [3.63, 3.8) is 0 Å². The molecule has 1 atom stereocenters. The third kappa shape index (κ3) is 2.15. The van der Waals surface area contributed by atoms with Crippen LogP contribution in [0.5, 0.6) is 0 Å². The Kier molecular flexibility index (Phi) is 2.87. The zero-order valence-corrected chi connectivity index (χ0v) is 10.7. The van der Waals surface area contributed by atoms with Gasteiger partial charge in [0.25, 0.3) is 0 Å². The number of rotatable bonds is 2. The summed E-state index contributed by atoms with van der Waals surface area (Å²) in [5, 5.41) is 4.53. The normalized spacial score (nSPS) is 12.8. The van der Waals surface area contributed by atoms with E-state index in [9.17, 15) is 4.39 Å². The van der Waals surface area contributed by atoms with E-state index in [1.165, 1.54) is 18.5 Å². The van der Waals surface area contributed by atoms with Crippen LogP contribution in [0.25, 0.3) is 11.2 Å². The van der Waals surface area contributed by atoms with Gasteiger partial charge in [-0.05, 0) is 19.1 Å². The SMILES string of the molecule is C[C@@H](c1ccc(F)cn1)n1ncc2ncc(Cl)nc21. The average molecular weight is 278 g/mol. The second-order valence-corrected chi connectivity index (χ2v) is 4.46. The number of fused-ring (bicyclic) bond motifs is 1. The van der Waals surface area contributed by atoms with Gasteiger partial charge in [-0.15, -0.1) is 0 Å². The topological polar surface area (TPSA) is 56.5 Å². The van der Waals surface area contributed by atoms with Crippen molar-refractivity contribution >= 4 is 22.8 Å². The molecule has 0 aliphatic heterocycles. The van der Waals surface area contributed by atoms with Crippen LogP contribution >= 0.6 is 11.6 Å². The number of halogens is 2. The summed E-state index contributed by atoms with van der Waals surface area (Å²) in [4.78, 5) is 12.4. The van der Waals surface area contributed by atoms with Gasteiger partial charge in [-0.2, -0.15) is 5.10 Å². The highest BCUT2D eigenvalue weighted by Gasteiger charge is 2.15. The van der Waals surface area contributed by atoms with Gasteiger partial charge in [0.2, 0.25) is 0 Å². The minimum Gasteiger partial charge on any atom is -0.256 e. The Hall–Kier alpha value is -2.08. The molecule has 19 heavy (non-hydrogen) atoms. The summed E-state index contributed by atoms with van der Waals surface area (Å²) in [6.07, 6.45) is 4.26. The lowest BCUT2D eigenvalue weighted by molar-refractivity contribution is 0.557. The lowest BCUT2D eigenvalue weighted by Crippen LogP contribution is -2.10. The maximum atomic E-state index is 12.9. The first kappa shape index (κ1) is 12.0. The van der Waals surface area contributed by atoms with E-state index in [1.54, 1.807) is 16.9 Å². The zero-order valence-electron chi connectivity index (χ0n) is 9.96. The van der Waals surface area contributed by atoms with Crippen molar-refractivity contribution in [3.05, 3.63) is 47.4 Å². The first-order chi connectivity index (χ1) is 9.15. The van der Waals surface area contributed by atoms with E-state index in [2.05, 4.69) is 20.1 Å². The summed E-state index contributed by atoms with van der Waals surface area (Å²) in [6, 6.07) is 2.79. The Bertz CT molecular complexity index is 725. The number of hydrogen-bond donors (Lipinski definition) is 0. The van der Waals surface area contributed by atoms with Gasteiger partial charge < -0.3 is 0 Å². The number of pyridine rings is 1. The fourth-order valence-electron chi connectivity index (χ4n) is 1.84. The van der Waals surface area contributed by atoms with Crippen LogP contribution in [0.4, 0.5) is 4.39 Å². The van der Waals surface area contributed by atoms with Gasteiger partial charge in [-0.3, -0.25) is 4.98 Å². The van der Waals surface area contributed by atoms with Crippen LogP contribution in [0.3, 0.4) is 0 Å². The van der Waals surface area contributed by atoms with Crippen molar-refractivity contribution in [2.75, 3.05) is 0 Å². The molecule has 0 aliphatic rings. The Morgan fingerprint density at radius 2 is 2.05 bits per heavy atom. The Balaban J connectivity index is 2.08. The molecule has 5 nitrogen and oxygen atoms in total. The molecule has 3 aromatic rings. The van der Waals surface area contributed by atoms with E-state index in [4.69, 9.17) is 11.6 Å². The zero-order chi connectivity index (χ0) is 13.4. The molecule has 0 unspecified atom stereocenters. The van der Waals surface area contributed by atoms with Gasteiger partial charge in [0.1, 0.15) is 16.5 Å². The van der Waals surface area contributed by atoms with Crippen LogP contribution in [-0.4, -0.2) is 24.7 Å². The Morgan fingerprint density at radius 1 is 1.21 bits per heavy atom. The molecule has 0 aromatic carbocycles. The number of aromatic nitrogens is 5. The van der Waals surface area contributed by atoms with Crippen LogP contribution in [0.2, 0.25) is 5.15 Å². The molecule has 0 aliphatic carbocycles. The molecule has 0 spiro atoms. The quantitative estimate of drug-likeness (QED) is 0.722. The molecule has 7 heteroatoms. The first-order valence-corrected chi connectivity index (χ1v) is 6.00. The molecule has 3 aromatic heterocycles. The van der Waals surface area contributed by atoms with E-state index in [0.717, 1.165) is 0 Å². The van der Waals surface area contributed by atoms with Crippen LogP contribution in [0.1, 0.15) is 18.7 Å². The van der Waals surface area contributed by atoms with Gasteiger partial charge in [-0.1, -0.05) is 11.6 Å². The summed E-state index contributed by atoms with van der Waals surface area (Å²) in [6.45, 7) is 1.90. The van der Waals surface area contributed by atoms with Crippen LogP contribution in [-0.2, 0) is 0 Å². The van der Waals surface area contributed by atoms with Crippen LogP contribution < -0.4 is 0 Å². The standard InChI is InChI=1S/C12H9ClFN5/c1-7(9-3-2-8(14)4-15-9)19-12-10(5-17-19)16-6-11(13)18-12/h2-7H,1H3/t7-/m0/s1. The minimum atomic E-state index is -0.371. The Morgan fingerprint density at radius 3 is 2.79 bits per heavy atom. The third-order valence-electron chi connectivity index (χ3n) is 2.82. The van der Waals surface area contributed by atoms with E-state index >= 15 is 0 Å². The maximum absolute atomic E-state index is 12.9. The van der Waals surface area contributed by atoms with E-state index in [-0.39, 0.29) is 11.9 Å². The van der Waals surface area contributed by atoms with Gasteiger partial charge in [0, 0.05) is 0 Å². The second-order valence-electron chi connectivity index (χ2n) is 4.07. The van der Waals surface area contributed by atoms with Gasteiger partial charge in [-0.25, -0.2) is 19.0 Å². The molecule has 0 amide bonds. The van der Waals surface area contributed by atoms with Crippen molar-refractivity contribution in [2.24, 2.45) is 0 Å². The molecule has 0 saturated carbocycles. The molecule has 96 valence electrons. The van der Waals surface area contributed by atoms with Crippen molar-refractivity contribution in [3.8, 4) is 0 Å². The summed E-state index contributed by atoms with van der Waals surface area (Å²) in [5.74, 6) is -0.371. The maximum Gasteiger partial charge on any atom is 0.178 e. The summed E-state index contributed by atoms with van der Waals surface area (Å²) in [5.41, 5.74) is 1.91. The molecule has 0 bridgehead atoms. The molecule has 3 heterocycles. The van der Waals surface area contributed by atoms with Gasteiger partial charge >= 0.3 is 0 Å². The monoisotopic (exact) mass is 277 g/mol. The van der Waals surface area contributed by atoms with Crippen molar-refractivity contribution < 1.29 is 4.39 Å². The number of hydrogen-bond acceptors (Lipinski definition) is 4. The lowest BCUT2D eigenvalue weighted by Gasteiger charge is -2.12. The largest absolute Gasteiger partial charge is 0.256 e. The van der Waals surface area contributed by atoms with E-state index < -0.39 is 0 Å². The smallest absolute Gasteiger partial charge is 0.178 e. The summed E-state index contributed by atoms with van der Waals surface area (Å²) >= 11 is 5.84. The van der Waals surface area contributed by atoms with Gasteiger partial charge in [0.05, 0.1) is 30.3 Å². The minimum absolute atomic E-state index is 0.189.